The third-order valence-corrected chi connectivity index (χ3v) is 4.08. The Labute approximate surface area is 182 Å². The van der Waals surface area contributed by atoms with Gasteiger partial charge >= 0.3 is 6.09 Å². The number of carbonyl (C=O) groups is 2. The Hall–Kier alpha value is -3.85. The first-order valence-electron chi connectivity index (χ1n) is 9.06. The Morgan fingerprint density at radius 3 is 2.84 bits per heavy atom. The van der Waals surface area contributed by atoms with E-state index >= 15 is 0 Å². The van der Waals surface area contributed by atoms with E-state index in [2.05, 4.69) is 10.4 Å². The van der Waals surface area contributed by atoms with Gasteiger partial charge in [-0.1, -0.05) is 23.7 Å². The van der Waals surface area contributed by atoms with E-state index in [0.717, 1.165) is 0 Å². The number of ether oxygens (including phenoxy) is 2. The van der Waals surface area contributed by atoms with Crippen LogP contribution in [0.1, 0.15) is 5.56 Å². The summed E-state index contributed by atoms with van der Waals surface area (Å²) in [5, 5.41) is 7.03. The molecule has 0 aliphatic rings. The molecule has 3 rings (SSSR count). The number of amides is 2. The third kappa shape index (κ3) is 6.86. The first-order chi connectivity index (χ1) is 14.9. The van der Waals surface area contributed by atoms with Crippen molar-refractivity contribution in [1.82, 2.24) is 9.78 Å². The number of primary amides is 1. The van der Waals surface area contributed by atoms with Crippen LogP contribution in [0.2, 0.25) is 5.02 Å². The smallest absolute Gasteiger partial charge is 0.410 e. The number of halogens is 2. The zero-order valence-corrected chi connectivity index (χ0v) is 16.9. The number of rotatable bonds is 8. The number of nitrogens with zero attached hydrogens (tertiary/aromatic N) is 2. The molecule has 1 heterocycles. The lowest BCUT2D eigenvalue weighted by Crippen LogP contribution is -2.18. The molecule has 3 N–H and O–H groups in total. The molecule has 8 nitrogen and oxygen atoms in total. The first-order valence-corrected chi connectivity index (χ1v) is 9.43. The number of anilines is 1. The Bertz CT molecular complexity index is 1100. The van der Waals surface area contributed by atoms with Crippen LogP contribution in [0.4, 0.5) is 14.9 Å². The second-order valence-corrected chi connectivity index (χ2v) is 6.67. The van der Waals surface area contributed by atoms with E-state index in [4.69, 9.17) is 26.8 Å². The van der Waals surface area contributed by atoms with Gasteiger partial charge in [0.2, 0.25) is 5.91 Å². The molecular formula is C21H18ClFN4O4. The van der Waals surface area contributed by atoms with Crippen molar-refractivity contribution < 1.29 is 23.5 Å². The van der Waals surface area contributed by atoms with Gasteiger partial charge in [-0.2, -0.15) is 5.10 Å². The van der Waals surface area contributed by atoms with Crippen LogP contribution >= 0.6 is 11.6 Å². The van der Waals surface area contributed by atoms with Gasteiger partial charge in [0.1, 0.15) is 18.2 Å². The van der Waals surface area contributed by atoms with Gasteiger partial charge in [-0.25, -0.2) is 9.18 Å². The summed E-state index contributed by atoms with van der Waals surface area (Å²) >= 11 is 5.79. The predicted molar refractivity (Wildman–Crippen MR) is 113 cm³/mol. The van der Waals surface area contributed by atoms with Gasteiger partial charge in [0.05, 0.1) is 18.4 Å². The van der Waals surface area contributed by atoms with Crippen LogP contribution in [0.15, 0.2) is 60.9 Å². The van der Waals surface area contributed by atoms with E-state index in [9.17, 15) is 14.0 Å². The van der Waals surface area contributed by atoms with Gasteiger partial charge in [-0.15, -0.1) is 0 Å². The van der Waals surface area contributed by atoms with Crippen LogP contribution < -0.4 is 20.5 Å². The molecule has 0 bridgehead atoms. The average molecular weight is 445 g/mol. The van der Waals surface area contributed by atoms with Gasteiger partial charge in [-0.3, -0.25) is 9.48 Å². The zero-order chi connectivity index (χ0) is 22.2. The second-order valence-electron chi connectivity index (χ2n) is 6.23. The summed E-state index contributed by atoms with van der Waals surface area (Å²) in [4.78, 5) is 23.1. The minimum atomic E-state index is -0.978. The fourth-order valence-corrected chi connectivity index (χ4v) is 2.78. The summed E-state index contributed by atoms with van der Waals surface area (Å²) in [6.45, 7) is 0.660. The first kappa shape index (κ1) is 21.8. The molecule has 0 fully saturated rings. The molecule has 1 aromatic heterocycles. The van der Waals surface area contributed by atoms with Crippen LogP contribution in [0.5, 0.6) is 11.5 Å². The van der Waals surface area contributed by atoms with E-state index in [1.807, 2.05) is 0 Å². The van der Waals surface area contributed by atoms with Crippen LogP contribution in [-0.4, -0.2) is 28.4 Å². The Morgan fingerprint density at radius 1 is 1.26 bits per heavy atom. The third-order valence-electron chi connectivity index (χ3n) is 3.86. The average Bonchev–Trinajstić information content (AvgIpc) is 3.15. The van der Waals surface area contributed by atoms with Crippen molar-refractivity contribution in [1.29, 1.82) is 0 Å². The fourth-order valence-electron chi connectivity index (χ4n) is 2.57. The number of nitrogens with one attached hydrogen (secondary N) is 1. The highest BCUT2D eigenvalue weighted by atomic mass is 35.5. The standard InChI is InChI=1S/C21H18ClFN4O4/c22-15-9-16(23)11-17(10-15)30-8-7-27-13-14(12-25-27)5-6-20(28)26-18-3-1-2-4-19(18)31-21(24)29/h1-6,9-13H,7-8H2,(H2,24,29)(H,26,28)/b6-5+. The summed E-state index contributed by atoms with van der Waals surface area (Å²) < 4.78 is 25.2. The summed E-state index contributed by atoms with van der Waals surface area (Å²) in [5.41, 5.74) is 6.01. The predicted octanol–water partition coefficient (Wildman–Crippen LogP) is 3.86. The number of hydrogen-bond acceptors (Lipinski definition) is 5. The maximum atomic E-state index is 13.3. The highest BCUT2D eigenvalue weighted by Crippen LogP contribution is 2.23. The minimum absolute atomic E-state index is 0.143. The van der Waals surface area contributed by atoms with E-state index in [-0.39, 0.29) is 17.4 Å². The number of nitrogens with two attached hydrogens (primary N) is 1. The molecule has 31 heavy (non-hydrogen) atoms. The van der Waals surface area contributed by atoms with Crippen LogP contribution in [0, 0.1) is 5.82 Å². The highest BCUT2D eigenvalue weighted by Gasteiger charge is 2.08. The molecule has 160 valence electrons. The van der Waals surface area contributed by atoms with Gasteiger partial charge in [0, 0.05) is 28.9 Å². The maximum Gasteiger partial charge on any atom is 0.410 e. The summed E-state index contributed by atoms with van der Waals surface area (Å²) in [6, 6.07) is 10.4. The molecular weight excluding hydrogens is 427 g/mol. The fraction of sp³-hybridized carbons (Fsp3) is 0.0952. The monoisotopic (exact) mass is 444 g/mol. The number of hydrogen-bond donors (Lipinski definition) is 2. The molecule has 0 radical (unpaired) electrons. The molecule has 3 aromatic rings. The van der Waals surface area contributed by atoms with Crippen molar-refractivity contribution in [3.8, 4) is 11.5 Å². The topological polar surface area (TPSA) is 108 Å². The van der Waals surface area contributed by atoms with Gasteiger partial charge in [0.25, 0.3) is 0 Å². The zero-order valence-electron chi connectivity index (χ0n) is 16.1. The Morgan fingerprint density at radius 2 is 2.06 bits per heavy atom. The minimum Gasteiger partial charge on any atom is -0.492 e. The lowest BCUT2D eigenvalue weighted by Gasteiger charge is -2.08. The molecule has 10 heteroatoms. The van der Waals surface area contributed by atoms with Crippen molar-refractivity contribution in [3.63, 3.8) is 0 Å². The van der Waals surface area contributed by atoms with Crippen molar-refractivity contribution in [2.45, 2.75) is 6.54 Å². The molecule has 0 aliphatic heterocycles. The lowest BCUT2D eigenvalue weighted by atomic mass is 10.2. The van der Waals surface area contributed by atoms with Crippen molar-refractivity contribution >= 4 is 35.4 Å². The van der Waals surface area contributed by atoms with Crippen LogP contribution in [0.25, 0.3) is 6.08 Å². The highest BCUT2D eigenvalue weighted by molar-refractivity contribution is 6.30. The largest absolute Gasteiger partial charge is 0.492 e. The Kier molecular flexibility index (Phi) is 7.23. The number of aromatic nitrogens is 2. The second kappa shape index (κ2) is 10.3. The van der Waals surface area contributed by atoms with E-state index in [0.29, 0.717) is 23.5 Å². The molecule has 0 saturated heterocycles. The van der Waals surface area contributed by atoms with E-state index in [1.54, 1.807) is 41.4 Å². The van der Waals surface area contributed by atoms with Crippen molar-refractivity contribution in [2.75, 3.05) is 11.9 Å². The molecule has 0 saturated carbocycles. The lowest BCUT2D eigenvalue weighted by molar-refractivity contribution is -0.111. The molecule has 0 spiro atoms. The van der Waals surface area contributed by atoms with E-state index in [1.165, 1.54) is 30.3 Å². The quantitative estimate of drug-likeness (QED) is 0.513. The summed E-state index contributed by atoms with van der Waals surface area (Å²) in [6.07, 6.45) is 5.20. The Balaban J connectivity index is 1.52. The SMILES string of the molecule is NC(=O)Oc1ccccc1NC(=O)/C=C/c1cnn(CCOc2cc(F)cc(Cl)c2)c1. The van der Waals surface area contributed by atoms with Crippen molar-refractivity contribution in [2.24, 2.45) is 5.73 Å². The van der Waals surface area contributed by atoms with Crippen LogP contribution in [-0.2, 0) is 11.3 Å². The molecule has 0 aliphatic carbocycles. The van der Waals surface area contributed by atoms with Gasteiger partial charge in [0.15, 0.2) is 5.75 Å². The number of benzene rings is 2. The van der Waals surface area contributed by atoms with E-state index < -0.39 is 17.8 Å². The number of carbonyl (C=O) groups excluding carboxylic acids is 2. The molecule has 2 amide bonds. The summed E-state index contributed by atoms with van der Waals surface area (Å²) in [5.74, 6) is -0.436. The molecule has 0 unspecified atom stereocenters. The maximum absolute atomic E-state index is 13.3. The molecule has 2 aromatic carbocycles. The normalized spacial score (nSPS) is 10.8. The van der Waals surface area contributed by atoms with Crippen molar-refractivity contribution in [3.05, 3.63) is 77.3 Å². The van der Waals surface area contributed by atoms with Crippen LogP contribution in [0.3, 0.4) is 0 Å². The number of para-hydroxylation sites is 2. The van der Waals surface area contributed by atoms with Gasteiger partial charge < -0.3 is 20.5 Å². The van der Waals surface area contributed by atoms with Gasteiger partial charge in [-0.05, 0) is 30.3 Å². The molecule has 0 atom stereocenters. The summed E-state index contributed by atoms with van der Waals surface area (Å²) in [7, 11) is 0.